The Kier molecular flexibility index (Phi) is 7.20. The molecule has 172 valence electrons. The molecule has 1 aliphatic heterocycles. The number of aryl methyl sites for hydroxylation is 1. The summed E-state index contributed by atoms with van der Waals surface area (Å²) in [5, 5.41) is 11.5. The van der Waals surface area contributed by atoms with E-state index in [1.54, 1.807) is 0 Å². The van der Waals surface area contributed by atoms with Crippen LogP contribution in [0.1, 0.15) is 69.5 Å². The first-order chi connectivity index (χ1) is 15.6. The van der Waals surface area contributed by atoms with Crippen molar-refractivity contribution in [1.82, 2.24) is 4.90 Å². The van der Waals surface area contributed by atoms with Crippen LogP contribution in [-0.2, 0) is 11.2 Å². The molecule has 4 nitrogen and oxygen atoms in total. The molecule has 0 unspecified atom stereocenters. The summed E-state index contributed by atoms with van der Waals surface area (Å²) >= 11 is 0. The first-order valence-corrected chi connectivity index (χ1v) is 12.5. The summed E-state index contributed by atoms with van der Waals surface area (Å²) in [4.78, 5) is 17.9. The number of carbonyl (C=O) groups is 1. The summed E-state index contributed by atoms with van der Waals surface area (Å²) in [6.45, 7) is 6.95. The van der Waals surface area contributed by atoms with Gasteiger partial charge in [-0.05, 0) is 62.8 Å². The van der Waals surface area contributed by atoms with E-state index in [0.717, 1.165) is 45.2 Å². The summed E-state index contributed by atoms with van der Waals surface area (Å²) in [5.41, 5.74) is 2.94. The largest absolute Gasteiger partial charge is 0.389 e. The molecule has 3 atom stereocenters. The van der Waals surface area contributed by atoms with Gasteiger partial charge in [0.15, 0.2) is 0 Å². The smallest absolute Gasteiger partial charge is 0.223 e. The van der Waals surface area contributed by atoms with Crippen molar-refractivity contribution in [2.75, 3.05) is 24.5 Å². The highest BCUT2D eigenvalue weighted by molar-refractivity contribution is 5.77. The second kappa shape index (κ2) is 10.1. The molecule has 1 heterocycles. The molecule has 0 bridgehead atoms. The number of piperidine rings is 1. The maximum Gasteiger partial charge on any atom is 0.223 e. The van der Waals surface area contributed by atoms with E-state index < -0.39 is 5.60 Å². The van der Waals surface area contributed by atoms with Gasteiger partial charge in [0.05, 0.1) is 11.6 Å². The topological polar surface area (TPSA) is 43.8 Å². The molecule has 2 fully saturated rings. The molecule has 1 aliphatic carbocycles. The molecule has 1 amide bonds. The molecular formula is C28H38N2O2. The molecule has 0 aromatic heterocycles. The predicted octanol–water partition coefficient (Wildman–Crippen LogP) is 5.36. The zero-order valence-corrected chi connectivity index (χ0v) is 19.7. The van der Waals surface area contributed by atoms with Gasteiger partial charge in [0, 0.05) is 37.7 Å². The van der Waals surface area contributed by atoms with E-state index in [1.807, 2.05) is 18.2 Å². The van der Waals surface area contributed by atoms with Gasteiger partial charge in [-0.1, -0.05) is 55.3 Å². The second-order valence-corrected chi connectivity index (χ2v) is 9.49. The highest BCUT2D eigenvalue weighted by Gasteiger charge is 2.49. The molecule has 2 aromatic rings. The Balaban J connectivity index is 1.59. The minimum Gasteiger partial charge on any atom is -0.389 e. The number of hydrogen-bond donors (Lipinski definition) is 1. The molecule has 4 heteroatoms. The Morgan fingerprint density at radius 1 is 1.03 bits per heavy atom. The summed E-state index contributed by atoms with van der Waals surface area (Å²) in [6.07, 6.45) is 6.04. The summed E-state index contributed by atoms with van der Waals surface area (Å²) in [7, 11) is 0. The van der Waals surface area contributed by atoms with Crippen molar-refractivity contribution in [3.8, 4) is 0 Å². The van der Waals surface area contributed by atoms with Gasteiger partial charge in [0.1, 0.15) is 0 Å². The van der Waals surface area contributed by atoms with Crippen LogP contribution in [-0.4, -0.2) is 41.1 Å². The lowest BCUT2D eigenvalue weighted by Gasteiger charge is -2.52. The molecule has 2 aliphatic rings. The van der Waals surface area contributed by atoms with Gasteiger partial charge >= 0.3 is 0 Å². The van der Waals surface area contributed by atoms with Crippen LogP contribution in [0.2, 0.25) is 0 Å². The van der Waals surface area contributed by atoms with Crippen molar-refractivity contribution < 1.29 is 9.90 Å². The Morgan fingerprint density at radius 2 is 1.75 bits per heavy atom. The number of aliphatic hydroxyl groups is 1. The highest BCUT2D eigenvalue weighted by Crippen LogP contribution is 2.49. The van der Waals surface area contributed by atoms with Gasteiger partial charge in [-0.3, -0.25) is 4.79 Å². The first kappa shape index (κ1) is 22.8. The lowest BCUT2D eigenvalue weighted by Crippen LogP contribution is -2.56. The second-order valence-electron chi connectivity index (χ2n) is 9.49. The summed E-state index contributed by atoms with van der Waals surface area (Å²) < 4.78 is 0. The van der Waals surface area contributed by atoms with Crippen LogP contribution >= 0.6 is 0 Å². The van der Waals surface area contributed by atoms with E-state index in [9.17, 15) is 9.90 Å². The SMILES string of the molecule is CCN(CC)c1ccc([C@@H]2[C@H]3CCCC[C@]3(O)CCN2C(=O)CCc2ccccc2)cc1. The van der Waals surface area contributed by atoms with Crippen LogP contribution < -0.4 is 4.90 Å². The number of amides is 1. The van der Waals surface area contributed by atoms with Crippen LogP contribution in [0, 0.1) is 5.92 Å². The van der Waals surface area contributed by atoms with E-state index in [0.29, 0.717) is 19.4 Å². The zero-order valence-electron chi connectivity index (χ0n) is 19.7. The lowest BCUT2D eigenvalue weighted by atomic mass is 9.66. The zero-order chi connectivity index (χ0) is 22.6. The van der Waals surface area contributed by atoms with Crippen LogP contribution in [0.3, 0.4) is 0 Å². The monoisotopic (exact) mass is 434 g/mol. The fourth-order valence-electron chi connectivity index (χ4n) is 5.88. The molecule has 2 aromatic carbocycles. The third-order valence-electron chi connectivity index (χ3n) is 7.72. The molecule has 4 rings (SSSR count). The first-order valence-electron chi connectivity index (χ1n) is 12.5. The third-order valence-corrected chi connectivity index (χ3v) is 7.72. The highest BCUT2D eigenvalue weighted by atomic mass is 16.3. The van der Waals surface area contributed by atoms with E-state index >= 15 is 0 Å². The van der Waals surface area contributed by atoms with E-state index in [-0.39, 0.29) is 17.9 Å². The molecule has 1 N–H and O–H groups in total. The van der Waals surface area contributed by atoms with Gasteiger partial charge in [-0.25, -0.2) is 0 Å². The van der Waals surface area contributed by atoms with Crippen molar-refractivity contribution in [3.05, 3.63) is 65.7 Å². The fourth-order valence-corrected chi connectivity index (χ4v) is 5.88. The number of fused-ring (bicyclic) bond motifs is 1. The quantitative estimate of drug-likeness (QED) is 0.638. The average molecular weight is 435 g/mol. The van der Waals surface area contributed by atoms with E-state index in [1.165, 1.54) is 16.8 Å². The molecule has 0 spiro atoms. The van der Waals surface area contributed by atoms with Gasteiger partial charge in [0.25, 0.3) is 0 Å². The van der Waals surface area contributed by atoms with Gasteiger partial charge in [0.2, 0.25) is 5.91 Å². The predicted molar refractivity (Wildman–Crippen MR) is 131 cm³/mol. The Morgan fingerprint density at radius 3 is 2.44 bits per heavy atom. The standard InChI is InChI=1S/C28H38N2O2/c1-3-29(4-2)24-16-14-23(15-17-24)27-25-12-8-9-19-28(25,32)20-21-30(27)26(31)18-13-22-10-6-5-7-11-22/h5-7,10-11,14-17,25,27,32H,3-4,8-9,12-13,18-21H2,1-2H3/t25-,27-,28+/m1/s1. The van der Waals surface area contributed by atoms with Crippen LogP contribution in [0.4, 0.5) is 5.69 Å². The minimum atomic E-state index is -0.642. The van der Waals surface area contributed by atoms with Crippen LogP contribution in [0.25, 0.3) is 0 Å². The third kappa shape index (κ3) is 4.71. The van der Waals surface area contributed by atoms with Crippen LogP contribution in [0.5, 0.6) is 0 Å². The number of rotatable bonds is 7. The van der Waals surface area contributed by atoms with E-state index in [2.05, 4.69) is 60.0 Å². The molecule has 1 saturated carbocycles. The fraction of sp³-hybridized carbons (Fsp3) is 0.536. The average Bonchev–Trinajstić information content (AvgIpc) is 2.83. The minimum absolute atomic E-state index is 0.0388. The lowest BCUT2D eigenvalue weighted by molar-refractivity contribution is -0.155. The van der Waals surface area contributed by atoms with Gasteiger partial charge < -0.3 is 14.9 Å². The maximum absolute atomic E-state index is 13.4. The Labute approximate surface area is 193 Å². The molecule has 32 heavy (non-hydrogen) atoms. The number of likely N-dealkylation sites (tertiary alicyclic amines) is 1. The number of nitrogens with zero attached hydrogens (tertiary/aromatic N) is 2. The number of carbonyl (C=O) groups excluding carboxylic acids is 1. The number of anilines is 1. The van der Waals surface area contributed by atoms with Crippen molar-refractivity contribution in [2.24, 2.45) is 5.92 Å². The summed E-state index contributed by atoms with van der Waals surface area (Å²) in [5.74, 6) is 0.323. The number of benzene rings is 2. The Hall–Kier alpha value is -2.33. The van der Waals surface area contributed by atoms with Crippen molar-refractivity contribution >= 4 is 11.6 Å². The molecule has 1 saturated heterocycles. The normalized spacial score (nSPS) is 25.3. The van der Waals surface area contributed by atoms with Crippen LogP contribution in [0.15, 0.2) is 54.6 Å². The molecular weight excluding hydrogens is 396 g/mol. The molecule has 0 radical (unpaired) electrons. The summed E-state index contributed by atoms with van der Waals surface area (Å²) in [6, 6.07) is 19.0. The van der Waals surface area contributed by atoms with E-state index in [4.69, 9.17) is 0 Å². The van der Waals surface area contributed by atoms with Crippen molar-refractivity contribution in [3.63, 3.8) is 0 Å². The van der Waals surface area contributed by atoms with Crippen molar-refractivity contribution in [1.29, 1.82) is 0 Å². The van der Waals surface area contributed by atoms with Gasteiger partial charge in [-0.15, -0.1) is 0 Å². The number of hydrogen-bond acceptors (Lipinski definition) is 3. The Bertz CT molecular complexity index is 878. The van der Waals surface area contributed by atoms with Gasteiger partial charge in [-0.2, -0.15) is 0 Å². The van der Waals surface area contributed by atoms with Crippen molar-refractivity contribution in [2.45, 2.75) is 70.4 Å². The maximum atomic E-state index is 13.4.